The van der Waals surface area contributed by atoms with Crippen molar-refractivity contribution in [3.05, 3.63) is 65.9 Å². The number of nitriles is 2. The number of methoxy groups -OCH3 is 1. The van der Waals surface area contributed by atoms with Gasteiger partial charge >= 0.3 is 0 Å². The zero-order valence-corrected chi connectivity index (χ0v) is 15.3. The van der Waals surface area contributed by atoms with E-state index in [4.69, 9.17) is 10.00 Å². The lowest BCUT2D eigenvalue weighted by Gasteiger charge is -2.05. The zero-order chi connectivity index (χ0) is 19.9. The number of anilines is 1. The summed E-state index contributed by atoms with van der Waals surface area (Å²) in [7, 11) is 1.57. The van der Waals surface area contributed by atoms with Crippen molar-refractivity contribution < 1.29 is 9.53 Å². The first-order chi connectivity index (χ1) is 13.7. The lowest BCUT2D eigenvalue weighted by Crippen LogP contribution is -2.13. The smallest absolute Gasteiger partial charge is 0.266 e. The molecule has 138 valence electrons. The van der Waals surface area contributed by atoms with Gasteiger partial charge in [-0.15, -0.1) is 0 Å². The summed E-state index contributed by atoms with van der Waals surface area (Å²) in [6, 6.07) is 18.7. The molecule has 3 rings (SSSR count). The molecule has 6 heteroatoms. The van der Waals surface area contributed by atoms with Crippen molar-refractivity contribution in [2.45, 2.75) is 13.0 Å². The fraction of sp³-hybridized carbons (Fsp3) is 0.136. The fourth-order valence-corrected chi connectivity index (χ4v) is 2.92. The van der Waals surface area contributed by atoms with Crippen LogP contribution >= 0.6 is 0 Å². The molecule has 1 N–H and O–H groups in total. The number of aromatic nitrogens is 1. The van der Waals surface area contributed by atoms with E-state index in [0.29, 0.717) is 24.4 Å². The number of ether oxygens (including phenoxy) is 1. The quantitative estimate of drug-likeness (QED) is 0.522. The van der Waals surface area contributed by atoms with Gasteiger partial charge < -0.3 is 14.6 Å². The topological polar surface area (TPSA) is 90.8 Å². The number of nitrogens with zero attached hydrogens (tertiary/aromatic N) is 3. The van der Waals surface area contributed by atoms with Gasteiger partial charge in [0, 0.05) is 34.9 Å². The molecular formula is C22H18N4O2. The summed E-state index contributed by atoms with van der Waals surface area (Å²) < 4.78 is 7.05. The summed E-state index contributed by atoms with van der Waals surface area (Å²) in [5.74, 6) is 0.195. The number of amides is 1. The number of benzene rings is 2. The van der Waals surface area contributed by atoms with E-state index in [1.54, 1.807) is 37.5 Å². The normalized spacial score (nSPS) is 10.9. The Balaban J connectivity index is 1.90. The second-order valence-electron chi connectivity index (χ2n) is 6.06. The van der Waals surface area contributed by atoms with Crippen molar-refractivity contribution in [1.29, 1.82) is 10.5 Å². The molecule has 0 unspecified atom stereocenters. The molecule has 28 heavy (non-hydrogen) atoms. The Morgan fingerprint density at radius 2 is 1.93 bits per heavy atom. The molecule has 6 nitrogen and oxygen atoms in total. The Kier molecular flexibility index (Phi) is 5.74. The molecule has 0 bridgehead atoms. The number of carbonyl (C=O) groups is 1. The minimum absolute atomic E-state index is 0.000922. The highest BCUT2D eigenvalue weighted by Gasteiger charge is 2.13. The fourth-order valence-electron chi connectivity index (χ4n) is 2.92. The van der Waals surface area contributed by atoms with Gasteiger partial charge in [-0.25, -0.2) is 0 Å². The molecule has 0 aliphatic rings. The zero-order valence-electron chi connectivity index (χ0n) is 15.3. The molecule has 0 aliphatic heterocycles. The first-order valence-electron chi connectivity index (χ1n) is 8.68. The lowest BCUT2D eigenvalue weighted by molar-refractivity contribution is -0.112. The first-order valence-corrected chi connectivity index (χ1v) is 8.68. The van der Waals surface area contributed by atoms with Crippen LogP contribution in [0.1, 0.15) is 12.0 Å². The van der Waals surface area contributed by atoms with Crippen LogP contribution in [0.25, 0.3) is 17.0 Å². The first kappa shape index (κ1) is 18.8. The van der Waals surface area contributed by atoms with Crippen LogP contribution in [0.3, 0.4) is 0 Å². The molecule has 0 radical (unpaired) electrons. The number of hydrogen-bond donors (Lipinski definition) is 1. The highest BCUT2D eigenvalue weighted by atomic mass is 16.5. The van der Waals surface area contributed by atoms with E-state index < -0.39 is 5.91 Å². The number of nitrogens with one attached hydrogen (secondary N) is 1. The molecule has 0 saturated carbocycles. The third kappa shape index (κ3) is 4.03. The third-order valence-corrected chi connectivity index (χ3v) is 4.30. The number of rotatable bonds is 6. The van der Waals surface area contributed by atoms with Gasteiger partial charge in [0.2, 0.25) is 0 Å². The molecule has 0 spiro atoms. The maximum Gasteiger partial charge on any atom is 0.266 e. The third-order valence-electron chi connectivity index (χ3n) is 4.30. The van der Waals surface area contributed by atoms with Crippen LogP contribution in [-0.2, 0) is 11.3 Å². The van der Waals surface area contributed by atoms with Crippen LogP contribution in [0, 0.1) is 22.7 Å². The largest absolute Gasteiger partial charge is 0.497 e. The van der Waals surface area contributed by atoms with Gasteiger partial charge in [0.05, 0.1) is 19.6 Å². The summed E-state index contributed by atoms with van der Waals surface area (Å²) >= 11 is 0. The van der Waals surface area contributed by atoms with Gasteiger partial charge in [-0.3, -0.25) is 4.79 Å². The van der Waals surface area contributed by atoms with E-state index in [-0.39, 0.29) is 5.57 Å². The Bertz CT molecular complexity index is 1110. The van der Waals surface area contributed by atoms with Gasteiger partial charge in [-0.2, -0.15) is 10.5 Å². The monoisotopic (exact) mass is 370 g/mol. The van der Waals surface area contributed by atoms with E-state index in [0.717, 1.165) is 16.5 Å². The Labute approximate surface area is 162 Å². The van der Waals surface area contributed by atoms with E-state index in [9.17, 15) is 10.1 Å². The van der Waals surface area contributed by atoms with Crippen LogP contribution in [-0.4, -0.2) is 17.6 Å². The maximum atomic E-state index is 12.5. The highest BCUT2D eigenvalue weighted by molar-refractivity contribution is 6.10. The second kappa shape index (κ2) is 8.57. The van der Waals surface area contributed by atoms with E-state index in [1.807, 2.05) is 41.1 Å². The van der Waals surface area contributed by atoms with Crippen LogP contribution < -0.4 is 10.1 Å². The predicted molar refractivity (Wildman–Crippen MR) is 107 cm³/mol. The Morgan fingerprint density at radius 3 is 2.61 bits per heavy atom. The van der Waals surface area contributed by atoms with Crippen molar-refractivity contribution in [1.82, 2.24) is 4.57 Å². The standard InChI is InChI=1S/C22H18N4O2/c1-28-19-9-7-18(8-10-19)25-22(27)16(14-24)13-17-15-26(12-4-11-23)21-6-3-2-5-20(17)21/h2-3,5-10,13,15H,4,12H2,1H3,(H,25,27). The molecular weight excluding hydrogens is 352 g/mol. The van der Waals surface area contributed by atoms with Crippen molar-refractivity contribution in [3.8, 4) is 17.9 Å². The van der Waals surface area contributed by atoms with Gasteiger partial charge in [0.1, 0.15) is 17.4 Å². The second-order valence-corrected chi connectivity index (χ2v) is 6.06. The Hall–Kier alpha value is -4.03. The van der Waals surface area contributed by atoms with Crippen molar-refractivity contribution >= 4 is 28.6 Å². The predicted octanol–water partition coefficient (Wildman–Crippen LogP) is 4.11. The van der Waals surface area contributed by atoms with E-state index >= 15 is 0 Å². The SMILES string of the molecule is COc1ccc(NC(=O)C(C#N)=Cc2cn(CCC#N)c3ccccc23)cc1. The number of aryl methyl sites for hydroxylation is 1. The molecule has 0 fully saturated rings. The number of carbonyl (C=O) groups excluding carboxylic acids is 1. The molecule has 1 amide bonds. The number of hydrogen-bond acceptors (Lipinski definition) is 4. The van der Waals surface area contributed by atoms with Crippen LogP contribution in [0.2, 0.25) is 0 Å². The van der Waals surface area contributed by atoms with Gasteiger partial charge in [-0.1, -0.05) is 18.2 Å². The molecule has 2 aromatic carbocycles. The van der Waals surface area contributed by atoms with Crippen molar-refractivity contribution in [2.24, 2.45) is 0 Å². The van der Waals surface area contributed by atoms with E-state index in [1.165, 1.54) is 0 Å². The molecule has 3 aromatic rings. The van der Waals surface area contributed by atoms with Gasteiger partial charge in [0.15, 0.2) is 0 Å². The van der Waals surface area contributed by atoms with Gasteiger partial charge in [-0.05, 0) is 36.4 Å². The number of fused-ring (bicyclic) bond motifs is 1. The minimum Gasteiger partial charge on any atom is -0.497 e. The molecule has 1 heterocycles. The average molecular weight is 370 g/mol. The van der Waals surface area contributed by atoms with Crippen molar-refractivity contribution in [3.63, 3.8) is 0 Å². The molecule has 0 atom stereocenters. The number of para-hydroxylation sites is 1. The summed E-state index contributed by atoms with van der Waals surface area (Å²) in [5, 5.41) is 22.0. The maximum absolute atomic E-state index is 12.5. The van der Waals surface area contributed by atoms with Crippen molar-refractivity contribution in [2.75, 3.05) is 12.4 Å². The Morgan fingerprint density at radius 1 is 1.18 bits per heavy atom. The van der Waals surface area contributed by atoms with Crippen LogP contribution in [0.15, 0.2) is 60.3 Å². The summed E-state index contributed by atoms with van der Waals surface area (Å²) in [6.45, 7) is 0.546. The van der Waals surface area contributed by atoms with Crippen LogP contribution in [0.4, 0.5) is 5.69 Å². The van der Waals surface area contributed by atoms with Gasteiger partial charge in [0.25, 0.3) is 5.91 Å². The summed E-state index contributed by atoms with van der Waals surface area (Å²) in [5.41, 5.74) is 2.29. The lowest BCUT2D eigenvalue weighted by atomic mass is 10.1. The highest BCUT2D eigenvalue weighted by Crippen LogP contribution is 2.24. The average Bonchev–Trinajstić information content (AvgIpc) is 3.08. The molecule has 0 aliphatic carbocycles. The van der Waals surface area contributed by atoms with E-state index in [2.05, 4.69) is 11.4 Å². The molecule has 1 aromatic heterocycles. The summed E-state index contributed by atoms with van der Waals surface area (Å²) in [6.07, 6.45) is 3.81. The summed E-state index contributed by atoms with van der Waals surface area (Å²) in [4.78, 5) is 12.5. The van der Waals surface area contributed by atoms with Crippen LogP contribution in [0.5, 0.6) is 5.75 Å². The molecule has 0 saturated heterocycles. The minimum atomic E-state index is -0.485.